The highest BCUT2D eigenvalue weighted by molar-refractivity contribution is 8.76. The summed E-state index contributed by atoms with van der Waals surface area (Å²) in [5.41, 5.74) is 28.3. The van der Waals surface area contributed by atoms with Crippen LogP contribution in [-0.4, -0.2) is 142 Å². The first-order valence-electron chi connectivity index (χ1n) is 24.0. The number of carbonyl (C=O) groups is 11. The highest BCUT2D eigenvalue weighted by atomic mass is 33.1. The summed E-state index contributed by atoms with van der Waals surface area (Å²) in [6.07, 6.45) is -2.14. The summed E-state index contributed by atoms with van der Waals surface area (Å²) in [4.78, 5) is 154. The third-order valence-corrected chi connectivity index (χ3v) is 14.5. The van der Waals surface area contributed by atoms with Crippen LogP contribution in [0.3, 0.4) is 0 Å². The fourth-order valence-electron chi connectivity index (χ4n) is 8.22. The Morgan fingerprint density at radius 1 is 0.743 bits per heavy atom. The van der Waals surface area contributed by atoms with E-state index in [2.05, 4.69) is 31.6 Å². The zero-order chi connectivity index (χ0) is 54.3. The zero-order valence-electron chi connectivity index (χ0n) is 40.8. The normalized spacial score (nSPS) is 21.9. The van der Waals surface area contributed by atoms with Gasteiger partial charge in [0.1, 0.15) is 29.9 Å². The maximum absolute atomic E-state index is 14.6. The number of nitrogens with one attached hydrogen (secondary N) is 5. The molecule has 2 aromatic carbocycles. The van der Waals surface area contributed by atoms with Crippen molar-refractivity contribution in [1.29, 1.82) is 0 Å². The number of ketones is 2. The van der Waals surface area contributed by atoms with Gasteiger partial charge in [-0.15, -0.1) is 0 Å². The number of phenolic OH excluding ortho intramolecular Hbond substituents is 1. The van der Waals surface area contributed by atoms with Gasteiger partial charge in [0.2, 0.25) is 53.2 Å². The van der Waals surface area contributed by atoms with Gasteiger partial charge in [-0.25, -0.2) is 0 Å². The fourth-order valence-corrected chi connectivity index (χ4v) is 10.4. The first kappa shape index (κ1) is 59.3. The Morgan fingerprint density at radius 3 is 2.01 bits per heavy atom. The minimum atomic E-state index is -1.51. The Hall–Kier alpha value is -7.22. The third kappa shape index (κ3) is 20.4. The number of carbonyl (C=O) groups excluding carboxylic acids is 11. The predicted molar refractivity (Wildman–Crippen MR) is 275 cm³/mol. The van der Waals surface area contributed by atoms with Crippen LogP contribution in [-0.2, 0) is 65.6 Å². The summed E-state index contributed by atoms with van der Waals surface area (Å²) in [6, 6.07) is 6.76. The topological polar surface area (TPSA) is 414 Å². The number of nitrogens with two attached hydrogens (primary N) is 5. The summed E-state index contributed by atoms with van der Waals surface area (Å²) in [5, 5.41) is 23.3. The summed E-state index contributed by atoms with van der Waals surface area (Å²) in [6.45, 7) is 0.188. The molecule has 2 heterocycles. The molecule has 26 heteroatoms. The average Bonchev–Trinajstić information content (AvgIpc) is 3.85. The number of phenols is 1. The standard InChI is InChI=1S/C48H66N12O12S2/c49-39(64)16-14-32-38(63)24-29(25-41(51)66)43(68)59-35(47(72)60-20-5-9-36(60)46(71)57-31(8-4-19-54-48(52)53)37(62)15-17-40(50)65)26-74-73-21-18-42(67)55-33(23-28-10-12-30(61)13-11-28)44(69)58-34(45(70)56-32)22-27-6-2-1-3-7-27/h1-3,6-7,10-13,29,31-36,61H,4-5,8-9,14-26H2,(H2,49,64)(H2,50,65)(H2,51,66)(H,55,67)(H,56,70)(H,57,71)(H,58,69)(H,59,68)(H4,52,53,54)/t29-,31+,32-,33-,34-,35-,36-/m0/s1. The summed E-state index contributed by atoms with van der Waals surface area (Å²) < 4.78 is 0. The number of nitrogens with zero attached hydrogens (tertiary/aromatic N) is 2. The smallest absolute Gasteiger partial charge is 0.246 e. The van der Waals surface area contributed by atoms with Gasteiger partial charge in [-0.3, -0.25) is 57.7 Å². The lowest BCUT2D eigenvalue weighted by Crippen LogP contribution is -2.57. The molecule has 0 spiro atoms. The highest BCUT2D eigenvalue weighted by Crippen LogP contribution is 2.27. The van der Waals surface area contributed by atoms with Gasteiger partial charge < -0.3 is 65.3 Å². The Bertz CT molecular complexity index is 2370. The van der Waals surface area contributed by atoms with Crippen LogP contribution in [0.25, 0.3) is 0 Å². The summed E-state index contributed by atoms with van der Waals surface area (Å²) in [7, 11) is 2.24. The largest absolute Gasteiger partial charge is 0.508 e. The molecular weight excluding hydrogens is 1000 g/mol. The van der Waals surface area contributed by atoms with Crippen LogP contribution < -0.4 is 55.3 Å². The number of hydrogen-bond donors (Lipinski definition) is 11. The van der Waals surface area contributed by atoms with Crippen LogP contribution in [0.1, 0.15) is 81.8 Å². The molecule has 0 saturated carbocycles. The molecule has 2 fully saturated rings. The Balaban J connectivity index is 1.68. The first-order chi connectivity index (χ1) is 35.2. The van der Waals surface area contributed by atoms with Crippen molar-refractivity contribution >= 4 is 92.3 Å². The summed E-state index contributed by atoms with van der Waals surface area (Å²) in [5.74, 6) is -10.2. The van der Waals surface area contributed by atoms with E-state index in [4.69, 9.17) is 28.7 Å². The monoisotopic (exact) mass is 1070 g/mol. The van der Waals surface area contributed by atoms with Gasteiger partial charge in [-0.2, -0.15) is 0 Å². The number of aliphatic imine (C=N–C) groups is 1. The van der Waals surface area contributed by atoms with E-state index in [1.165, 1.54) is 17.0 Å². The Labute approximate surface area is 435 Å². The molecule has 0 aliphatic carbocycles. The van der Waals surface area contributed by atoms with E-state index in [0.29, 0.717) is 17.5 Å². The number of Topliss-reactive ketones (excluding diaryl/α,β-unsaturated/α-hetero) is 2. The van der Waals surface area contributed by atoms with Crippen molar-refractivity contribution in [3.63, 3.8) is 0 Å². The molecule has 24 nitrogen and oxygen atoms in total. The van der Waals surface area contributed by atoms with E-state index in [-0.39, 0.29) is 94.1 Å². The number of guanidine groups is 1. The second kappa shape index (κ2) is 30.1. The molecule has 16 N–H and O–H groups in total. The van der Waals surface area contributed by atoms with Gasteiger partial charge in [0.15, 0.2) is 17.5 Å². The fraction of sp³-hybridized carbons (Fsp3) is 0.500. The predicted octanol–water partition coefficient (Wildman–Crippen LogP) is -2.02. The molecule has 2 saturated heterocycles. The number of amides is 9. The molecule has 9 amide bonds. The molecule has 4 rings (SSSR count). The lowest BCUT2D eigenvalue weighted by atomic mass is 9.92. The van der Waals surface area contributed by atoms with Crippen LogP contribution in [0.5, 0.6) is 5.75 Å². The minimum Gasteiger partial charge on any atom is -0.508 e. The molecule has 0 bridgehead atoms. The molecule has 74 heavy (non-hydrogen) atoms. The number of rotatable bonds is 20. The molecule has 2 aliphatic heterocycles. The highest BCUT2D eigenvalue weighted by Gasteiger charge is 2.40. The Kier molecular flexibility index (Phi) is 24.1. The van der Waals surface area contributed by atoms with E-state index >= 15 is 0 Å². The quantitative estimate of drug-likeness (QED) is 0.0295. The van der Waals surface area contributed by atoms with E-state index < -0.39 is 126 Å². The van der Waals surface area contributed by atoms with Crippen molar-refractivity contribution in [1.82, 2.24) is 31.5 Å². The van der Waals surface area contributed by atoms with Gasteiger partial charge in [-0.05, 0) is 55.4 Å². The number of benzene rings is 2. The average molecular weight is 1070 g/mol. The van der Waals surface area contributed by atoms with Crippen molar-refractivity contribution in [3.8, 4) is 5.75 Å². The van der Waals surface area contributed by atoms with Crippen molar-refractivity contribution in [3.05, 3.63) is 65.7 Å². The van der Waals surface area contributed by atoms with Crippen LogP contribution in [0.2, 0.25) is 0 Å². The molecule has 0 aromatic heterocycles. The molecule has 7 atom stereocenters. The van der Waals surface area contributed by atoms with Crippen molar-refractivity contribution in [2.75, 3.05) is 24.6 Å². The van der Waals surface area contributed by atoms with E-state index in [1.807, 2.05) is 0 Å². The maximum Gasteiger partial charge on any atom is 0.246 e. The molecule has 0 radical (unpaired) electrons. The number of primary amides is 3. The number of aromatic hydroxyl groups is 1. The van der Waals surface area contributed by atoms with Crippen molar-refractivity contribution in [2.45, 2.75) is 120 Å². The zero-order valence-corrected chi connectivity index (χ0v) is 42.4. The first-order valence-corrected chi connectivity index (χ1v) is 26.5. The van der Waals surface area contributed by atoms with Gasteiger partial charge in [-0.1, -0.05) is 64.1 Å². The van der Waals surface area contributed by atoms with Crippen LogP contribution in [0.15, 0.2) is 59.6 Å². The van der Waals surface area contributed by atoms with Crippen LogP contribution in [0.4, 0.5) is 0 Å². The minimum absolute atomic E-state index is 0.0345. The van der Waals surface area contributed by atoms with Crippen LogP contribution >= 0.6 is 21.6 Å². The Morgan fingerprint density at radius 2 is 1.38 bits per heavy atom. The maximum atomic E-state index is 14.6. The molecule has 2 aliphatic rings. The molecule has 2 aromatic rings. The molecule has 402 valence electrons. The van der Waals surface area contributed by atoms with Crippen molar-refractivity contribution < 1.29 is 57.8 Å². The van der Waals surface area contributed by atoms with Gasteiger partial charge >= 0.3 is 0 Å². The lowest BCUT2D eigenvalue weighted by molar-refractivity contribution is -0.142. The number of hydrogen-bond acceptors (Lipinski definition) is 15. The third-order valence-electron chi connectivity index (χ3n) is 12.0. The van der Waals surface area contributed by atoms with Gasteiger partial charge in [0, 0.05) is 76.0 Å². The van der Waals surface area contributed by atoms with E-state index in [9.17, 15) is 57.8 Å². The lowest BCUT2D eigenvalue weighted by Gasteiger charge is -2.30. The van der Waals surface area contributed by atoms with Crippen molar-refractivity contribution in [2.24, 2.45) is 39.6 Å². The second-order valence-corrected chi connectivity index (χ2v) is 20.5. The second-order valence-electron chi connectivity index (χ2n) is 17.9. The summed E-state index contributed by atoms with van der Waals surface area (Å²) >= 11 is 0. The van der Waals surface area contributed by atoms with Crippen LogP contribution in [0, 0.1) is 5.92 Å². The molecular formula is C48H66N12O12S2. The van der Waals surface area contributed by atoms with E-state index in [1.54, 1.807) is 42.5 Å². The molecule has 0 unspecified atom stereocenters. The van der Waals surface area contributed by atoms with Gasteiger partial charge in [0.25, 0.3) is 0 Å². The number of likely N-dealkylation sites (tertiary alicyclic amines) is 1. The van der Waals surface area contributed by atoms with Gasteiger partial charge in [0.05, 0.1) is 18.0 Å². The SMILES string of the molecule is NC(=O)CCC(=O)[C@@H](CCCN=C(N)N)NC(=O)[C@@H]1CCCN1C(=O)[C@@H]1CSSCCC(=O)N[C@@H](Cc2ccc(O)cc2)C(=O)N[C@@H](Cc2ccccc2)C(=O)N[C@@H](CCC(N)=O)C(=O)C[C@@H](CC(N)=O)C(=O)N1. The van der Waals surface area contributed by atoms with E-state index in [0.717, 1.165) is 21.6 Å².